The van der Waals surface area contributed by atoms with E-state index in [4.69, 9.17) is 5.73 Å². The molecule has 0 bridgehead atoms. The molecule has 7 nitrogen and oxygen atoms in total. The van der Waals surface area contributed by atoms with Crippen molar-refractivity contribution in [3.05, 3.63) is 5.82 Å². The number of nitrogen functional groups attached to an aromatic ring is 1. The monoisotopic (exact) mass is 281 g/mol. The molecule has 8 heteroatoms. The van der Waals surface area contributed by atoms with Gasteiger partial charge in [0, 0.05) is 25.6 Å². The van der Waals surface area contributed by atoms with Gasteiger partial charge in [-0.1, -0.05) is 11.8 Å². The Hall–Kier alpha value is -1.70. The van der Waals surface area contributed by atoms with Gasteiger partial charge in [-0.15, -0.1) is 0 Å². The predicted octanol–water partition coefficient (Wildman–Crippen LogP) is 0.395. The summed E-state index contributed by atoms with van der Waals surface area (Å²) in [5.41, 5.74) is 5.56. The minimum atomic E-state index is -0.0425. The zero-order valence-electron chi connectivity index (χ0n) is 10.8. The number of nitrogens with zero attached hydrogens (tertiary/aromatic N) is 4. The molecule has 1 aromatic heterocycles. The third-order valence-corrected chi connectivity index (χ3v) is 3.77. The third kappa shape index (κ3) is 3.40. The molecule has 1 fully saturated rings. The molecular weight excluding hydrogens is 266 g/mol. The van der Waals surface area contributed by atoms with Crippen LogP contribution in [-0.4, -0.2) is 38.3 Å². The fourth-order valence-electron chi connectivity index (χ4n) is 1.93. The van der Waals surface area contributed by atoms with Crippen LogP contribution in [0.15, 0.2) is 0 Å². The number of nitrogens with two attached hydrogens (primary N) is 1. The molecule has 1 amide bonds. The quantitative estimate of drug-likeness (QED) is 0.855. The summed E-state index contributed by atoms with van der Waals surface area (Å²) in [4.78, 5) is 36.4. The number of hydrogen-bond donors (Lipinski definition) is 1. The van der Waals surface area contributed by atoms with E-state index in [2.05, 4.69) is 15.0 Å². The lowest BCUT2D eigenvalue weighted by molar-refractivity contribution is -0.117. The average Bonchev–Trinajstić information content (AvgIpc) is 2.66. The molecule has 0 saturated carbocycles. The van der Waals surface area contributed by atoms with Crippen molar-refractivity contribution >= 4 is 34.7 Å². The molecule has 0 spiro atoms. The van der Waals surface area contributed by atoms with Crippen molar-refractivity contribution in [1.82, 2.24) is 15.0 Å². The van der Waals surface area contributed by atoms with Gasteiger partial charge in [-0.25, -0.2) is 0 Å². The lowest BCUT2D eigenvalue weighted by Gasteiger charge is -2.14. The summed E-state index contributed by atoms with van der Waals surface area (Å²) >= 11 is 1.24. The Morgan fingerprint density at radius 3 is 2.84 bits per heavy atom. The van der Waals surface area contributed by atoms with Gasteiger partial charge in [-0.05, 0) is 12.8 Å². The van der Waals surface area contributed by atoms with Crippen LogP contribution in [0.4, 0.5) is 11.9 Å². The van der Waals surface area contributed by atoms with Crippen molar-refractivity contribution in [3.8, 4) is 0 Å². The standard InChI is InChI=1S/C11H15N5O2S/c1-6-13-10(12)15-11(14-6)16-4-8(3-9(16)18)5-19-7(2)17/h8H,3-5H2,1-2H3,(H2,12,13,14,15). The van der Waals surface area contributed by atoms with E-state index in [1.165, 1.54) is 23.6 Å². The van der Waals surface area contributed by atoms with Crippen LogP contribution in [0.1, 0.15) is 19.2 Å². The van der Waals surface area contributed by atoms with Crippen molar-refractivity contribution in [2.24, 2.45) is 5.92 Å². The molecule has 0 radical (unpaired) electrons. The van der Waals surface area contributed by atoms with E-state index in [0.29, 0.717) is 30.5 Å². The van der Waals surface area contributed by atoms with Gasteiger partial charge in [0.1, 0.15) is 5.82 Å². The van der Waals surface area contributed by atoms with E-state index < -0.39 is 0 Å². The van der Waals surface area contributed by atoms with Crippen molar-refractivity contribution < 1.29 is 9.59 Å². The first-order chi connectivity index (χ1) is 8.95. The number of amides is 1. The molecule has 1 atom stereocenters. The van der Waals surface area contributed by atoms with Crippen LogP contribution in [0.25, 0.3) is 0 Å². The molecule has 0 aromatic carbocycles. The first-order valence-electron chi connectivity index (χ1n) is 5.87. The Morgan fingerprint density at radius 1 is 1.47 bits per heavy atom. The van der Waals surface area contributed by atoms with E-state index in [1.54, 1.807) is 6.92 Å². The van der Waals surface area contributed by atoms with Crippen molar-refractivity contribution in [1.29, 1.82) is 0 Å². The summed E-state index contributed by atoms with van der Waals surface area (Å²) in [6, 6.07) is 0. The van der Waals surface area contributed by atoms with E-state index >= 15 is 0 Å². The summed E-state index contributed by atoms with van der Waals surface area (Å²) in [5, 5.41) is 0.0612. The molecule has 1 aliphatic rings. The SMILES string of the molecule is CC(=O)SCC1CC(=O)N(c2nc(C)nc(N)n2)C1. The molecule has 1 aromatic rings. The van der Waals surface area contributed by atoms with Crippen LogP contribution < -0.4 is 10.6 Å². The molecule has 1 unspecified atom stereocenters. The normalized spacial score (nSPS) is 18.9. The summed E-state index contributed by atoms with van der Waals surface area (Å²) in [6.45, 7) is 3.74. The van der Waals surface area contributed by atoms with Crippen LogP contribution in [0.2, 0.25) is 0 Å². The van der Waals surface area contributed by atoms with Crippen LogP contribution in [0.3, 0.4) is 0 Å². The predicted molar refractivity (Wildman–Crippen MR) is 72.6 cm³/mol. The molecule has 2 rings (SSSR count). The molecule has 2 heterocycles. The van der Waals surface area contributed by atoms with E-state index in [9.17, 15) is 9.59 Å². The lowest BCUT2D eigenvalue weighted by Crippen LogP contribution is -2.27. The Labute approximate surface area is 115 Å². The summed E-state index contributed by atoms with van der Waals surface area (Å²) in [7, 11) is 0. The minimum Gasteiger partial charge on any atom is -0.368 e. The van der Waals surface area contributed by atoms with Crippen LogP contribution in [0, 0.1) is 12.8 Å². The number of aryl methyl sites for hydroxylation is 1. The Balaban J connectivity index is 2.09. The number of carbonyl (C=O) groups is 2. The van der Waals surface area contributed by atoms with Crippen LogP contribution >= 0.6 is 11.8 Å². The maximum Gasteiger partial charge on any atom is 0.237 e. The minimum absolute atomic E-state index is 0.0425. The highest BCUT2D eigenvalue weighted by molar-refractivity contribution is 8.13. The third-order valence-electron chi connectivity index (χ3n) is 2.72. The first-order valence-corrected chi connectivity index (χ1v) is 6.86. The van der Waals surface area contributed by atoms with E-state index in [1.807, 2.05) is 0 Å². The Morgan fingerprint density at radius 2 is 2.21 bits per heavy atom. The Kier molecular flexibility index (Phi) is 3.98. The Bertz CT molecular complexity index is 502. The molecule has 102 valence electrons. The number of thioether (sulfide) groups is 1. The van der Waals surface area contributed by atoms with Gasteiger partial charge in [-0.2, -0.15) is 15.0 Å². The zero-order valence-corrected chi connectivity index (χ0v) is 11.6. The van der Waals surface area contributed by atoms with Gasteiger partial charge in [-0.3, -0.25) is 14.5 Å². The first kappa shape index (κ1) is 13.7. The molecular formula is C11H15N5O2S. The van der Waals surface area contributed by atoms with Crippen LogP contribution in [-0.2, 0) is 9.59 Å². The van der Waals surface area contributed by atoms with Gasteiger partial charge < -0.3 is 5.73 Å². The number of anilines is 2. The van der Waals surface area contributed by atoms with Crippen molar-refractivity contribution in [2.75, 3.05) is 22.9 Å². The summed E-state index contributed by atoms with van der Waals surface area (Å²) in [6.07, 6.45) is 0.408. The summed E-state index contributed by atoms with van der Waals surface area (Å²) in [5.74, 6) is 1.62. The molecule has 1 saturated heterocycles. The molecule has 19 heavy (non-hydrogen) atoms. The largest absolute Gasteiger partial charge is 0.368 e. The second-order valence-electron chi connectivity index (χ2n) is 4.42. The number of carbonyl (C=O) groups excluding carboxylic acids is 2. The number of aromatic nitrogens is 3. The summed E-state index contributed by atoms with van der Waals surface area (Å²) < 4.78 is 0. The fourth-order valence-corrected chi connectivity index (χ4v) is 2.62. The van der Waals surface area contributed by atoms with Gasteiger partial charge in [0.2, 0.25) is 17.8 Å². The van der Waals surface area contributed by atoms with Crippen molar-refractivity contribution in [2.45, 2.75) is 20.3 Å². The van der Waals surface area contributed by atoms with Gasteiger partial charge in [0.05, 0.1) is 0 Å². The second-order valence-corrected chi connectivity index (χ2v) is 5.61. The van der Waals surface area contributed by atoms with Gasteiger partial charge in [0.15, 0.2) is 5.12 Å². The number of hydrogen-bond acceptors (Lipinski definition) is 7. The fraction of sp³-hybridized carbons (Fsp3) is 0.545. The number of rotatable bonds is 3. The van der Waals surface area contributed by atoms with Crippen molar-refractivity contribution in [3.63, 3.8) is 0 Å². The maximum atomic E-state index is 11.9. The van der Waals surface area contributed by atoms with E-state index in [-0.39, 0.29) is 22.9 Å². The molecule has 1 aliphatic heterocycles. The molecule has 0 aliphatic carbocycles. The topological polar surface area (TPSA) is 102 Å². The van der Waals surface area contributed by atoms with Crippen LogP contribution in [0.5, 0.6) is 0 Å². The molecule has 2 N–H and O–H groups in total. The highest BCUT2D eigenvalue weighted by Crippen LogP contribution is 2.25. The maximum absolute atomic E-state index is 11.9. The van der Waals surface area contributed by atoms with E-state index in [0.717, 1.165) is 0 Å². The second kappa shape index (κ2) is 5.52. The average molecular weight is 281 g/mol. The lowest BCUT2D eigenvalue weighted by atomic mass is 10.1. The zero-order chi connectivity index (χ0) is 14.0. The van der Waals surface area contributed by atoms with Gasteiger partial charge >= 0.3 is 0 Å². The van der Waals surface area contributed by atoms with Gasteiger partial charge in [0.25, 0.3) is 0 Å². The highest BCUT2D eigenvalue weighted by atomic mass is 32.2. The highest BCUT2D eigenvalue weighted by Gasteiger charge is 2.32. The smallest absolute Gasteiger partial charge is 0.237 e.